The van der Waals surface area contributed by atoms with E-state index >= 15 is 0 Å². The van der Waals surface area contributed by atoms with Crippen molar-refractivity contribution in [3.05, 3.63) is 58.6 Å². The Kier molecular flexibility index (Phi) is 6.96. The number of esters is 1. The predicted octanol–water partition coefficient (Wildman–Crippen LogP) is 3.72. The Morgan fingerprint density at radius 1 is 1.19 bits per heavy atom. The predicted molar refractivity (Wildman–Crippen MR) is 103 cm³/mol. The topological polar surface area (TPSA) is 96.2 Å². The average molecular weight is 390 g/mol. The first-order chi connectivity index (χ1) is 12.7. The molecule has 0 aromatic heterocycles. The first kappa shape index (κ1) is 20.5. The van der Waals surface area contributed by atoms with Crippen LogP contribution in [-0.2, 0) is 16.0 Å². The Morgan fingerprint density at radius 3 is 2.44 bits per heavy atom. The van der Waals surface area contributed by atoms with E-state index in [2.05, 4.69) is 4.99 Å². The van der Waals surface area contributed by atoms with E-state index < -0.39 is 18.0 Å². The monoisotopic (exact) mass is 389 g/mol. The van der Waals surface area contributed by atoms with Crippen LogP contribution in [0.3, 0.4) is 0 Å². The third-order valence-electron chi connectivity index (χ3n) is 3.64. The third-order valence-corrected chi connectivity index (χ3v) is 3.86. The minimum atomic E-state index is -1.08. The van der Waals surface area contributed by atoms with Gasteiger partial charge in [0.25, 0.3) is 0 Å². The number of nitrogens with zero attached hydrogens (tertiary/aromatic N) is 1. The Morgan fingerprint density at radius 2 is 1.85 bits per heavy atom. The van der Waals surface area contributed by atoms with Crippen molar-refractivity contribution in [3.8, 4) is 11.5 Å². The molecule has 2 aromatic carbocycles. The van der Waals surface area contributed by atoms with Crippen LogP contribution < -0.4 is 4.74 Å². The first-order valence-electron chi connectivity index (χ1n) is 8.31. The number of aromatic hydroxyl groups is 1. The number of benzene rings is 2. The van der Waals surface area contributed by atoms with Gasteiger partial charge in [0.1, 0.15) is 11.5 Å². The Labute approximate surface area is 162 Å². The summed E-state index contributed by atoms with van der Waals surface area (Å²) in [6.07, 6.45) is 1.56. The van der Waals surface area contributed by atoms with Gasteiger partial charge in [-0.1, -0.05) is 37.6 Å². The number of carboxylic acid groups (broad SMARTS) is 1. The van der Waals surface area contributed by atoms with Gasteiger partial charge in [0.05, 0.1) is 5.92 Å². The summed E-state index contributed by atoms with van der Waals surface area (Å²) in [5.41, 5.74) is 1.25. The zero-order valence-corrected chi connectivity index (χ0v) is 15.7. The lowest BCUT2D eigenvalue weighted by Gasteiger charge is -2.09. The number of carbonyl (C=O) groups is 2. The van der Waals surface area contributed by atoms with Gasteiger partial charge in [-0.15, -0.1) is 0 Å². The number of rotatable bonds is 7. The summed E-state index contributed by atoms with van der Waals surface area (Å²) >= 11 is 6.04. The van der Waals surface area contributed by atoms with Gasteiger partial charge in [-0.05, 0) is 41.5 Å². The number of halogens is 1. The smallest absolute Gasteiger partial charge is 0.328 e. The maximum Gasteiger partial charge on any atom is 0.328 e. The minimum Gasteiger partial charge on any atom is -0.508 e. The lowest BCUT2D eigenvalue weighted by atomic mass is 10.1. The molecule has 27 heavy (non-hydrogen) atoms. The second-order valence-corrected chi connectivity index (χ2v) is 6.74. The van der Waals surface area contributed by atoms with Crippen molar-refractivity contribution in [1.29, 1.82) is 0 Å². The molecule has 0 spiro atoms. The van der Waals surface area contributed by atoms with Gasteiger partial charge in [-0.3, -0.25) is 9.79 Å². The van der Waals surface area contributed by atoms with Gasteiger partial charge >= 0.3 is 11.9 Å². The highest BCUT2D eigenvalue weighted by atomic mass is 35.5. The summed E-state index contributed by atoms with van der Waals surface area (Å²) in [5, 5.41) is 19.0. The van der Waals surface area contributed by atoms with Crippen LogP contribution >= 0.6 is 11.6 Å². The molecule has 7 heteroatoms. The number of aliphatic imine (C=N–C) groups is 1. The lowest BCUT2D eigenvalue weighted by Crippen LogP contribution is -2.21. The fourth-order valence-electron chi connectivity index (χ4n) is 2.19. The summed E-state index contributed by atoms with van der Waals surface area (Å²) in [7, 11) is 0. The molecule has 0 amide bonds. The third kappa shape index (κ3) is 6.42. The lowest BCUT2D eigenvalue weighted by molar-refractivity contribution is -0.139. The molecule has 1 atom stereocenters. The molecule has 2 aromatic rings. The van der Waals surface area contributed by atoms with E-state index in [4.69, 9.17) is 16.3 Å². The van der Waals surface area contributed by atoms with Gasteiger partial charge < -0.3 is 14.9 Å². The second-order valence-electron chi connectivity index (χ2n) is 6.30. The standard InChI is InChI=1S/C20H20ClNO5/c1-12(2)20(26)27-17-8-14(7-15(21)10-17)11-22-18(19(24)25)9-13-3-5-16(23)6-4-13/h3-8,10-12,18,23H,9H2,1-2H3,(H,24,25). The van der Waals surface area contributed by atoms with E-state index in [1.54, 1.807) is 38.1 Å². The van der Waals surface area contributed by atoms with Crippen LogP contribution in [0.2, 0.25) is 5.02 Å². The Bertz CT molecular complexity index is 846. The molecule has 6 nitrogen and oxygen atoms in total. The number of aliphatic carboxylic acids is 1. The quantitative estimate of drug-likeness (QED) is 0.427. The molecule has 2 rings (SSSR count). The summed E-state index contributed by atoms with van der Waals surface area (Å²) in [6.45, 7) is 3.44. The first-order valence-corrected chi connectivity index (χ1v) is 8.68. The summed E-state index contributed by atoms with van der Waals surface area (Å²) in [6, 6.07) is 9.92. The number of hydrogen-bond acceptors (Lipinski definition) is 5. The van der Waals surface area contributed by atoms with E-state index in [1.807, 2.05) is 0 Å². The van der Waals surface area contributed by atoms with Crippen molar-refractivity contribution < 1.29 is 24.5 Å². The maximum absolute atomic E-state index is 11.7. The van der Waals surface area contributed by atoms with Crippen LogP contribution in [0.4, 0.5) is 0 Å². The second kappa shape index (κ2) is 9.19. The minimum absolute atomic E-state index is 0.108. The normalized spacial score (nSPS) is 12.3. The molecule has 0 heterocycles. The molecule has 2 N–H and O–H groups in total. The zero-order chi connectivity index (χ0) is 20.0. The number of hydrogen-bond donors (Lipinski definition) is 2. The van der Waals surface area contributed by atoms with Crippen LogP contribution in [-0.4, -0.2) is 34.4 Å². The van der Waals surface area contributed by atoms with Gasteiger partial charge in [-0.2, -0.15) is 0 Å². The van der Waals surface area contributed by atoms with Crippen molar-refractivity contribution >= 4 is 29.8 Å². The molecule has 0 aliphatic rings. The summed E-state index contributed by atoms with van der Waals surface area (Å²) in [5.74, 6) is -1.38. The van der Waals surface area contributed by atoms with Gasteiger partial charge in [-0.25, -0.2) is 4.79 Å². The molecular weight excluding hydrogens is 370 g/mol. The van der Waals surface area contributed by atoms with Crippen LogP contribution in [0.25, 0.3) is 0 Å². The van der Waals surface area contributed by atoms with Crippen molar-refractivity contribution in [2.75, 3.05) is 0 Å². The maximum atomic E-state index is 11.7. The van der Waals surface area contributed by atoms with Crippen LogP contribution in [0.15, 0.2) is 47.5 Å². The van der Waals surface area contributed by atoms with Crippen LogP contribution in [0.1, 0.15) is 25.0 Å². The van der Waals surface area contributed by atoms with E-state index in [1.165, 1.54) is 24.4 Å². The molecule has 0 aliphatic heterocycles. The molecule has 0 saturated carbocycles. The van der Waals surface area contributed by atoms with Crippen molar-refractivity contribution in [2.24, 2.45) is 10.9 Å². The van der Waals surface area contributed by atoms with Gasteiger partial charge in [0.2, 0.25) is 0 Å². The number of phenolic OH excluding ortho intramolecular Hbond substituents is 1. The molecule has 0 aliphatic carbocycles. The fourth-order valence-corrected chi connectivity index (χ4v) is 2.42. The van der Waals surface area contributed by atoms with Gasteiger partial charge in [0.15, 0.2) is 6.04 Å². The molecule has 0 fully saturated rings. The zero-order valence-electron chi connectivity index (χ0n) is 14.9. The summed E-state index contributed by atoms with van der Waals surface area (Å²) in [4.78, 5) is 27.3. The van der Waals surface area contributed by atoms with E-state index in [0.717, 1.165) is 5.56 Å². The summed E-state index contributed by atoms with van der Waals surface area (Å²) < 4.78 is 5.23. The highest BCUT2D eigenvalue weighted by Crippen LogP contribution is 2.21. The fraction of sp³-hybridized carbons (Fsp3) is 0.250. The van der Waals surface area contributed by atoms with Crippen molar-refractivity contribution in [3.63, 3.8) is 0 Å². The van der Waals surface area contributed by atoms with Gasteiger partial charge in [0, 0.05) is 17.7 Å². The largest absolute Gasteiger partial charge is 0.508 e. The molecular formula is C20H20ClNO5. The number of carboxylic acids is 1. The highest BCUT2D eigenvalue weighted by molar-refractivity contribution is 6.31. The van der Waals surface area contributed by atoms with Crippen LogP contribution in [0, 0.1) is 5.92 Å². The molecule has 142 valence electrons. The number of carbonyl (C=O) groups excluding carboxylic acids is 1. The molecule has 0 radical (unpaired) electrons. The van der Waals surface area contributed by atoms with Crippen molar-refractivity contribution in [1.82, 2.24) is 0 Å². The molecule has 0 saturated heterocycles. The van der Waals surface area contributed by atoms with Crippen molar-refractivity contribution in [2.45, 2.75) is 26.3 Å². The Hall–Kier alpha value is -2.86. The molecule has 1 unspecified atom stereocenters. The SMILES string of the molecule is CC(C)C(=O)Oc1cc(Cl)cc(C=NC(Cc2ccc(O)cc2)C(=O)O)c1. The van der Waals surface area contributed by atoms with E-state index in [-0.39, 0.29) is 23.8 Å². The number of phenols is 1. The Balaban J connectivity index is 2.17. The van der Waals surface area contributed by atoms with E-state index in [0.29, 0.717) is 10.6 Å². The highest BCUT2D eigenvalue weighted by Gasteiger charge is 2.16. The van der Waals surface area contributed by atoms with E-state index in [9.17, 15) is 19.8 Å². The van der Waals surface area contributed by atoms with Crippen LogP contribution in [0.5, 0.6) is 11.5 Å². The average Bonchev–Trinajstić information content (AvgIpc) is 2.59. The number of ether oxygens (including phenoxy) is 1. The molecule has 0 bridgehead atoms.